The molecule has 1 saturated heterocycles. The van der Waals surface area contributed by atoms with Gasteiger partial charge in [0.15, 0.2) is 0 Å². The lowest BCUT2D eigenvalue weighted by Crippen LogP contribution is -2.38. The van der Waals surface area contributed by atoms with Gasteiger partial charge in [0.05, 0.1) is 19.1 Å². The number of hydrogen-bond donors (Lipinski definition) is 1. The van der Waals surface area contributed by atoms with Crippen LogP contribution in [-0.4, -0.2) is 50.7 Å². The Kier molecular flexibility index (Phi) is 7.38. The van der Waals surface area contributed by atoms with Crippen molar-refractivity contribution in [1.82, 2.24) is 10.2 Å². The van der Waals surface area contributed by atoms with Crippen molar-refractivity contribution in [1.29, 1.82) is 5.26 Å². The molecular formula is C13H23N3O2. The fourth-order valence-corrected chi connectivity index (χ4v) is 2.22. The van der Waals surface area contributed by atoms with Gasteiger partial charge in [-0.3, -0.25) is 4.79 Å². The molecule has 1 aliphatic heterocycles. The molecule has 1 amide bonds. The summed E-state index contributed by atoms with van der Waals surface area (Å²) in [5, 5.41) is 11.9. The molecule has 5 heteroatoms. The third-order valence-corrected chi connectivity index (χ3v) is 3.27. The third kappa shape index (κ3) is 5.48. The molecule has 5 nitrogen and oxygen atoms in total. The highest BCUT2D eigenvalue weighted by atomic mass is 16.5. The number of hydrogen-bond acceptors (Lipinski definition) is 4. The molecule has 1 rings (SSSR count). The lowest BCUT2D eigenvalue weighted by molar-refractivity contribution is -0.132. The maximum absolute atomic E-state index is 12.2. The molecule has 1 N–H and O–H groups in total. The second-order valence-electron chi connectivity index (χ2n) is 4.70. The lowest BCUT2D eigenvalue weighted by atomic mass is 9.95. The molecule has 0 spiro atoms. The molecular weight excluding hydrogens is 230 g/mol. The smallest absolute Gasteiger partial charge is 0.223 e. The molecule has 1 aliphatic rings. The summed E-state index contributed by atoms with van der Waals surface area (Å²) in [5.41, 5.74) is 0. The monoisotopic (exact) mass is 253 g/mol. The van der Waals surface area contributed by atoms with Crippen LogP contribution in [0.15, 0.2) is 0 Å². The Morgan fingerprint density at radius 2 is 2.39 bits per heavy atom. The summed E-state index contributed by atoms with van der Waals surface area (Å²) in [5.74, 6) is 0.592. The summed E-state index contributed by atoms with van der Waals surface area (Å²) in [7, 11) is 1.62. The van der Waals surface area contributed by atoms with Crippen LogP contribution >= 0.6 is 0 Å². The van der Waals surface area contributed by atoms with E-state index in [1.807, 2.05) is 0 Å². The van der Waals surface area contributed by atoms with Gasteiger partial charge in [-0.1, -0.05) is 0 Å². The van der Waals surface area contributed by atoms with Gasteiger partial charge in [0.1, 0.15) is 0 Å². The second-order valence-corrected chi connectivity index (χ2v) is 4.70. The highest BCUT2D eigenvalue weighted by Gasteiger charge is 2.20. The minimum Gasteiger partial charge on any atom is -0.383 e. The van der Waals surface area contributed by atoms with Crippen molar-refractivity contribution >= 4 is 5.91 Å². The predicted octanol–water partition coefficient (Wildman–Crippen LogP) is 0.765. The van der Waals surface area contributed by atoms with Crippen molar-refractivity contribution in [3.05, 3.63) is 0 Å². The van der Waals surface area contributed by atoms with E-state index in [-0.39, 0.29) is 5.91 Å². The first-order valence-electron chi connectivity index (χ1n) is 6.62. The van der Waals surface area contributed by atoms with Crippen LogP contribution in [0.1, 0.15) is 25.7 Å². The Bertz CT molecular complexity index is 282. The van der Waals surface area contributed by atoms with Crippen LogP contribution in [0.5, 0.6) is 0 Å². The topological polar surface area (TPSA) is 65.4 Å². The van der Waals surface area contributed by atoms with Crippen LogP contribution in [0.25, 0.3) is 0 Å². The Morgan fingerprint density at radius 1 is 1.56 bits per heavy atom. The Balaban J connectivity index is 2.38. The second kappa shape index (κ2) is 8.90. The van der Waals surface area contributed by atoms with E-state index < -0.39 is 0 Å². The van der Waals surface area contributed by atoms with Gasteiger partial charge in [-0.15, -0.1) is 0 Å². The van der Waals surface area contributed by atoms with Crippen LogP contribution in [0.4, 0.5) is 0 Å². The number of piperidine rings is 1. The highest BCUT2D eigenvalue weighted by Crippen LogP contribution is 2.15. The van der Waals surface area contributed by atoms with Gasteiger partial charge in [-0.2, -0.15) is 5.26 Å². The molecule has 0 bridgehead atoms. The Morgan fingerprint density at radius 3 is 3.00 bits per heavy atom. The molecule has 1 atom stereocenters. The molecule has 0 aromatic heterocycles. The van der Waals surface area contributed by atoms with Gasteiger partial charge in [0.2, 0.25) is 5.91 Å². The minimum absolute atomic E-state index is 0.149. The number of carbonyl (C=O) groups excluding carboxylic acids is 1. The maximum Gasteiger partial charge on any atom is 0.223 e. The first-order valence-corrected chi connectivity index (χ1v) is 6.62. The number of ether oxygens (including phenoxy) is 1. The van der Waals surface area contributed by atoms with E-state index in [1.54, 1.807) is 12.0 Å². The van der Waals surface area contributed by atoms with Crippen molar-refractivity contribution in [2.45, 2.75) is 25.7 Å². The van der Waals surface area contributed by atoms with Crippen molar-refractivity contribution in [3.8, 4) is 6.07 Å². The van der Waals surface area contributed by atoms with Crippen molar-refractivity contribution in [3.63, 3.8) is 0 Å². The number of methoxy groups -OCH3 is 1. The Hall–Kier alpha value is -1.12. The normalized spacial score (nSPS) is 19.2. The lowest BCUT2D eigenvalue weighted by Gasteiger charge is -2.26. The third-order valence-electron chi connectivity index (χ3n) is 3.27. The average molecular weight is 253 g/mol. The molecule has 1 heterocycles. The quantitative estimate of drug-likeness (QED) is 0.727. The zero-order valence-electron chi connectivity index (χ0n) is 11.2. The SMILES string of the molecule is COCCN(CCC#N)C(=O)CC1CCCNC1. The number of rotatable bonds is 7. The first kappa shape index (κ1) is 14.9. The fourth-order valence-electron chi connectivity index (χ4n) is 2.22. The van der Waals surface area contributed by atoms with Gasteiger partial charge < -0.3 is 15.0 Å². The molecule has 1 unspecified atom stereocenters. The maximum atomic E-state index is 12.2. The molecule has 1 fully saturated rings. The summed E-state index contributed by atoms with van der Waals surface area (Å²) >= 11 is 0. The minimum atomic E-state index is 0.149. The van der Waals surface area contributed by atoms with Gasteiger partial charge in [0, 0.05) is 26.6 Å². The van der Waals surface area contributed by atoms with Gasteiger partial charge >= 0.3 is 0 Å². The molecule has 18 heavy (non-hydrogen) atoms. The number of nitrogens with zero attached hydrogens (tertiary/aromatic N) is 2. The van der Waals surface area contributed by atoms with E-state index in [0.29, 0.717) is 38.5 Å². The Labute approximate surface area is 109 Å². The zero-order chi connectivity index (χ0) is 13.2. The molecule has 0 aromatic carbocycles. The summed E-state index contributed by atoms with van der Waals surface area (Å²) in [6.07, 6.45) is 3.24. The van der Waals surface area contributed by atoms with E-state index in [9.17, 15) is 4.79 Å². The van der Waals surface area contributed by atoms with Crippen LogP contribution < -0.4 is 5.32 Å². The zero-order valence-corrected chi connectivity index (χ0v) is 11.2. The summed E-state index contributed by atoms with van der Waals surface area (Å²) in [6, 6.07) is 2.09. The van der Waals surface area contributed by atoms with Crippen LogP contribution in [0.2, 0.25) is 0 Å². The number of nitrogens with one attached hydrogen (secondary N) is 1. The van der Waals surface area contributed by atoms with Gasteiger partial charge in [-0.05, 0) is 31.8 Å². The first-order chi connectivity index (χ1) is 8.77. The largest absolute Gasteiger partial charge is 0.383 e. The average Bonchev–Trinajstić information content (AvgIpc) is 2.40. The molecule has 0 aromatic rings. The highest BCUT2D eigenvalue weighted by molar-refractivity contribution is 5.76. The summed E-state index contributed by atoms with van der Waals surface area (Å²) in [4.78, 5) is 13.9. The summed E-state index contributed by atoms with van der Waals surface area (Å²) in [6.45, 7) is 3.62. The van der Waals surface area contributed by atoms with Crippen LogP contribution in [0, 0.1) is 17.2 Å². The summed E-state index contributed by atoms with van der Waals surface area (Å²) < 4.78 is 5.00. The molecule has 0 aliphatic carbocycles. The van der Waals surface area contributed by atoms with E-state index in [0.717, 1.165) is 25.9 Å². The number of carbonyl (C=O) groups is 1. The van der Waals surface area contributed by atoms with Crippen LogP contribution in [0.3, 0.4) is 0 Å². The van der Waals surface area contributed by atoms with Gasteiger partial charge in [-0.25, -0.2) is 0 Å². The number of nitriles is 1. The predicted molar refractivity (Wildman–Crippen MR) is 68.9 cm³/mol. The standard InChI is InChI=1S/C13H23N3O2/c1-18-9-8-16(7-3-5-14)13(17)10-12-4-2-6-15-11-12/h12,15H,2-4,6-11H2,1H3. The molecule has 0 radical (unpaired) electrons. The van der Waals surface area contributed by atoms with E-state index in [4.69, 9.17) is 10.00 Å². The van der Waals surface area contributed by atoms with Crippen molar-refractivity contribution in [2.75, 3.05) is 39.9 Å². The molecule has 0 saturated carbocycles. The number of amides is 1. The van der Waals surface area contributed by atoms with E-state index >= 15 is 0 Å². The van der Waals surface area contributed by atoms with E-state index in [2.05, 4.69) is 11.4 Å². The van der Waals surface area contributed by atoms with E-state index in [1.165, 1.54) is 0 Å². The molecule has 102 valence electrons. The van der Waals surface area contributed by atoms with Crippen molar-refractivity contribution < 1.29 is 9.53 Å². The van der Waals surface area contributed by atoms with Crippen molar-refractivity contribution in [2.24, 2.45) is 5.92 Å². The van der Waals surface area contributed by atoms with Gasteiger partial charge in [0.25, 0.3) is 0 Å². The fraction of sp³-hybridized carbons (Fsp3) is 0.846. The van der Waals surface area contributed by atoms with Crippen LogP contribution in [-0.2, 0) is 9.53 Å².